The summed E-state index contributed by atoms with van der Waals surface area (Å²) in [6.45, 7) is 0. The molecule has 5 heterocycles. The summed E-state index contributed by atoms with van der Waals surface area (Å²) in [6.07, 6.45) is 5.39. The van der Waals surface area contributed by atoms with E-state index in [2.05, 4.69) is 106 Å². The van der Waals surface area contributed by atoms with Crippen molar-refractivity contribution in [1.82, 2.24) is 14.1 Å². The van der Waals surface area contributed by atoms with Crippen LogP contribution in [0.25, 0.3) is 44.3 Å². The lowest BCUT2D eigenvalue weighted by Crippen LogP contribution is -2.38. The molecule has 0 fully saturated rings. The van der Waals surface area contributed by atoms with Gasteiger partial charge in [0.2, 0.25) is 6.33 Å². The van der Waals surface area contributed by atoms with Crippen molar-refractivity contribution in [3.63, 3.8) is 0 Å². The van der Waals surface area contributed by atoms with E-state index in [4.69, 9.17) is 9.72 Å². The zero-order chi connectivity index (χ0) is 36.1. The predicted molar refractivity (Wildman–Crippen MR) is 207 cm³/mol. The Morgan fingerprint density at radius 2 is 1.41 bits per heavy atom. The first kappa shape index (κ1) is 30.5. The SMILES string of the molecule is C[n+]1[c-]n2c3c(cccc31)C1(c3cc(C#N)ccc3Sc3ccc(C#N)cc31)c1ccc(Oc3ccc4c5ccccc5n(-c5ccccn5)c4c3)cc1-2. The molecule has 6 aromatic carbocycles. The number of aromatic nitrogens is 4. The number of pyridine rings is 1. The molecule has 11 rings (SSSR count). The van der Waals surface area contributed by atoms with Crippen LogP contribution in [0.2, 0.25) is 0 Å². The Hall–Kier alpha value is -7.13. The Bertz CT molecular complexity index is 3100. The molecule has 0 atom stereocenters. The van der Waals surface area contributed by atoms with E-state index in [1.54, 1.807) is 11.8 Å². The van der Waals surface area contributed by atoms with Gasteiger partial charge in [-0.25, -0.2) is 4.98 Å². The highest BCUT2D eigenvalue weighted by molar-refractivity contribution is 7.99. The molecule has 3 aromatic heterocycles. The predicted octanol–water partition coefficient (Wildman–Crippen LogP) is 9.44. The summed E-state index contributed by atoms with van der Waals surface area (Å²) in [5, 5.41) is 22.6. The molecule has 9 aromatic rings. The molecule has 2 aliphatic heterocycles. The average Bonchev–Trinajstić information content (AvgIpc) is 3.74. The van der Waals surface area contributed by atoms with Gasteiger partial charge in [0.15, 0.2) is 0 Å². The minimum atomic E-state index is -0.833. The number of para-hydroxylation sites is 2. The molecule has 0 unspecified atom stereocenters. The first-order chi connectivity index (χ1) is 26.6. The van der Waals surface area contributed by atoms with Gasteiger partial charge in [-0.3, -0.25) is 4.57 Å². The van der Waals surface area contributed by atoms with E-state index in [1.807, 2.05) is 72.4 Å². The highest BCUT2D eigenvalue weighted by Gasteiger charge is 2.48. The monoisotopic (exact) mass is 710 g/mol. The third-order valence-corrected chi connectivity index (χ3v) is 12.0. The molecule has 0 saturated carbocycles. The van der Waals surface area contributed by atoms with Gasteiger partial charge in [0.05, 0.1) is 63.5 Å². The van der Waals surface area contributed by atoms with Crippen LogP contribution in [-0.4, -0.2) is 14.1 Å². The molecule has 8 heteroatoms. The van der Waals surface area contributed by atoms with Gasteiger partial charge in [0, 0.05) is 32.8 Å². The van der Waals surface area contributed by atoms with Gasteiger partial charge in [-0.15, -0.1) is 0 Å². The maximum Gasteiger partial charge on any atom is 0.244 e. The molecule has 252 valence electrons. The quantitative estimate of drug-likeness (QED) is 0.135. The topological polar surface area (TPSA) is 83.4 Å². The maximum absolute atomic E-state index is 10.1. The lowest BCUT2D eigenvalue weighted by atomic mass is 9.62. The van der Waals surface area contributed by atoms with Crippen LogP contribution in [0.5, 0.6) is 11.5 Å². The largest absolute Gasteiger partial charge is 0.458 e. The first-order valence-corrected chi connectivity index (χ1v) is 18.4. The van der Waals surface area contributed by atoms with Gasteiger partial charge < -0.3 is 13.9 Å². The van der Waals surface area contributed by atoms with E-state index in [9.17, 15) is 10.5 Å². The van der Waals surface area contributed by atoms with E-state index in [0.717, 1.165) is 76.4 Å². The van der Waals surface area contributed by atoms with E-state index >= 15 is 0 Å². The van der Waals surface area contributed by atoms with Crippen molar-refractivity contribution in [3.05, 3.63) is 179 Å². The molecule has 0 aliphatic carbocycles. The van der Waals surface area contributed by atoms with Crippen LogP contribution in [0.3, 0.4) is 0 Å². The molecule has 7 nitrogen and oxygen atoms in total. The second-order valence-corrected chi connectivity index (χ2v) is 14.7. The van der Waals surface area contributed by atoms with Crippen LogP contribution in [-0.2, 0) is 12.5 Å². The minimum Gasteiger partial charge on any atom is -0.458 e. The Morgan fingerprint density at radius 1 is 0.685 bits per heavy atom. The standard InChI is InChI=1S/C46H26N6OS/c1-50-27-51-41-24-31(53-30-14-16-33-32-7-2-3-9-38(32)52(40(33)23-30)44-11-4-5-20-49-44)15-17-34(41)46(35-8-6-10-39(50)45(35)51)36-21-28(25-47)12-18-42(36)54-43-19-13-29(26-48)22-37(43)46/h2-24H,1H3. The number of hydrogen-bond acceptors (Lipinski definition) is 5. The Kier molecular flexibility index (Phi) is 6.32. The van der Waals surface area contributed by atoms with E-state index < -0.39 is 5.41 Å². The highest BCUT2D eigenvalue weighted by atomic mass is 32.2. The lowest BCUT2D eigenvalue weighted by molar-refractivity contribution is -0.649. The number of imidazole rings is 1. The van der Waals surface area contributed by atoms with Gasteiger partial charge in [-0.1, -0.05) is 60.3 Å². The van der Waals surface area contributed by atoms with Gasteiger partial charge in [0.25, 0.3) is 0 Å². The third-order valence-electron chi connectivity index (χ3n) is 10.9. The number of ether oxygens (including phenoxy) is 1. The molecule has 0 N–H and O–H groups in total. The number of rotatable bonds is 3. The average molecular weight is 711 g/mol. The van der Waals surface area contributed by atoms with Crippen LogP contribution < -0.4 is 9.30 Å². The second-order valence-electron chi connectivity index (χ2n) is 13.7. The van der Waals surface area contributed by atoms with Gasteiger partial charge in [-0.2, -0.15) is 10.5 Å². The summed E-state index contributed by atoms with van der Waals surface area (Å²) in [4.78, 5) is 6.83. The molecule has 1 spiro atoms. The van der Waals surface area contributed by atoms with Gasteiger partial charge >= 0.3 is 0 Å². The lowest BCUT2D eigenvalue weighted by Gasteiger charge is -2.46. The number of fused-ring (bicyclic) bond motifs is 11. The summed E-state index contributed by atoms with van der Waals surface area (Å²) in [5.74, 6) is 2.20. The second kappa shape index (κ2) is 11.2. The smallest absolute Gasteiger partial charge is 0.244 e. The zero-order valence-corrected chi connectivity index (χ0v) is 29.6. The fourth-order valence-corrected chi connectivity index (χ4v) is 9.83. The van der Waals surface area contributed by atoms with Crippen molar-refractivity contribution in [2.75, 3.05) is 0 Å². The molecule has 0 amide bonds. The van der Waals surface area contributed by atoms with Crippen LogP contribution in [0.1, 0.15) is 33.4 Å². The van der Waals surface area contributed by atoms with Crippen molar-refractivity contribution in [2.45, 2.75) is 15.2 Å². The molecular formula is C46H26N6OS. The summed E-state index contributed by atoms with van der Waals surface area (Å²) < 4.78 is 13.1. The fraction of sp³-hybridized carbons (Fsp3) is 0.0435. The molecule has 54 heavy (non-hydrogen) atoms. The number of benzene rings is 6. The van der Waals surface area contributed by atoms with Crippen LogP contribution in [0.15, 0.2) is 149 Å². The molecular weight excluding hydrogens is 685 g/mol. The van der Waals surface area contributed by atoms with Crippen molar-refractivity contribution >= 4 is 44.6 Å². The van der Waals surface area contributed by atoms with Crippen molar-refractivity contribution in [3.8, 4) is 35.1 Å². The van der Waals surface area contributed by atoms with E-state index in [0.29, 0.717) is 22.6 Å². The molecule has 0 radical (unpaired) electrons. The maximum atomic E-state index is 10.1. The molecule has 2 aliphatic rings. The fourth-order valence-electron chi connectivity index (χ4n) is 8.68. The molecule has 0 saturated heterocycles. The van der Waals surface area contributed by atoms with Gasteiger partial charge in [0.1, 0.15) is 17.3 Å². The van der Waals surface area contributed by atoms with Crippen molar-refractivity contribution < 1.29 is 9.30 Å². The number of hydrogen-bond donors (Lipinski definition) is 0. The Morgan fingerprint density at radius 3 is 2.17 bits per heavy atom. The number of nitriles is 2. The van der Waals surface area contributed by atoms with Crippen LogP contribution in [0, 0.1) is 29.0 Å². The van der Waals surface area contributed by atoms with Crippen LogP contribution in [0.4, 0.5) is 0 Å². The van der Waals surface area contributed by atoms with Crippen molar-refractivity contribution in [2.24, 2.45) is 7.05 Å². The number of aryl methyl sites for hydroxylation is 1. The van der Waals surface area contributed by atoms with Gasteiger partial charge in [-0.05, 0) is 101 Å². The van der Waals surface area contributed by atoms with E-state index in [-0.39, 0.29) is 0 Å². The van der Waals surface area contributed by atoms with Crippen molar-refractivity contribution in [1.29, 1.82) is 10.5 Å². The number of nitrogens with zero attached hydrogens (tertiary/aromatic N) is 6. The third kappa shape index (κ3) is 4.06. The van der Waals surface area contributed by atoms with E-state index in [1.165, 1.54) is 0 Å². The minimum absolute atomic E-state index is 0.582. The van der Waals surface area contributed by atoms with Crippen LogP contribution >= 0.6 is 11.8 Å². The summed E-state index contributed by atoms with van der Waals surface area (Å²) in [7, 11) is 2.01. The Balaban J connectivity index is 1.16. The Labute approximate surface area is 314 Å². The highest BCUT2D eigenvalue weighted by Crippen LogP contribution is 2.60. The normalized spacial score (nSPS) is 13.3. The first-order valence-electron chi connectivity index (χ1n) is 17.5. The molecule has 0 bridgehead atoms. The summed E-state index contributed by atoms with van der Waals surface area (Å²) >= 11 is 1.68. The zero-order valence-electron chi connectivity index (χ0n) is 28.8. The summed E-state index contributed by atoms with van der Waals surface area (Å²) in [6, 6.07) is 49.9. The summed E-state index contributed by atoms with van der Waals surface area (Å²) in [5.41, 5.74) is 9.46.